The van der Waals surface area contributed by atoms with Crippen LogP contribution in [0, 0.1) is 5.92 Å². The predicted molar refractivity (Wildman–Crippen MR) is 118 cm³/mol. The summed E-state index contributed by atoms with van der Waals surface area (Å²) in [7, 11) is 0. The van der Waals surface area contributed by atoms with Crippen molar-refractivity contribution >= 4 is 28.7 Å². The van der Waals surface area contributed by atoms with E-state index in [1.54, 1.807) is 12.5 Å². The van der Waals surface area contributed by atoms with Gasteiger partial charge in [-0.1, -0.05) is 11.8 Å². The molecule has 1 fully saturated rings. The van der Waals surface area contributed by atoms with Gasteiger partial charge in [0.1, 0.15) is 12.6 Å². The number of aromatic nitrogens is 5. The first kappa shape index (κ1) is 19.4. The van der Waals surface area contributed by atoms with Crippen LogP contribution in [0.4, 0.5) is 5.82 Å². The number of imidazole rings is 1. The van der Waals surface area contributed by atoms with Gasteiger partial charge < -0.3 is 29.5 Å². The highest BCUT2D eigenvalue weighted by atomic mass is 32.2. The predicted octanol–water partition coefficient (Wildman–Crippen LogP) is 2.94. The number of nitrogens with one attached hydrogen (secondary N) is 1. The summed E-state index contributed by atoms with van der Waals surface area (Å²) >= 11 is 1.48. The quantitative estimate of drug-likeness (QED) is 0.386. The zero-order valence-electron chi connectivity index (χ0n) is 17.2. The van der Waals surface area contributed by atoms with Crippen molar-refractivity contribution in [2.45, 2.75) is 29.4 Å². The molecule has 10 nitrogen and oxygen atoms in total. The highest BCUT2D eigenvalue weighted by Gasteiger charge is 2.24. The molecule has 4 aromatic rings. The zero-order valence-corrected chi connectivity index (χ0v) is 18.0. The number of benzene rings is 1. The van der Waals surface area contributed by atoms with Gasteiger partial charge in [-0.2, -0.15) is 0 Å². The second kappa shape index (κ2) is 7.99. The van der Waals surface area contributed by atoms with Crippen molar-refractivity contribution in [3.05, 3.63) is 30.9 Å². The highest BCUT2D eigenvalue weighted by Crippen LogP contribution is 2.44. The third-order valence-electron chi connectivity index (χ3n) is 5.51. The third-order valence-corrected chi connectivity index (χ3v) is 6.56. The van der Waals surface area contributed by atoms with Crippen LogP contribution in [0.1, 0.15) is 12.8 Å². The molecule has 4 heterocycles. The van der Waals surface area contributed by atoms with E-state index in [9.17, 15) is 0 Å². The molecular formula is C21H21N7O3S. The number of hydrogen-bond donors (Lipinski definition) is 2. The second-order valence-electron chi connectivity index (χ2n) is 7.77. The number of anilines is 1. The SMILES string of the molecule is Nc1ncnc2c1nc(Sc1cc3c(cc1-c1ncco1)OCO3)n2CCNCC1CC1. The Morgan fingerprint density at radius 3 is 2.84 bits per heavy atom. The van der Waals surface area contributed by atoms with Gasteiger partial charge in [0.05, 0.1) is 11.8 Å². The Morgan fingerprint density at radius 1 is 1.16 bits per heavy atom. The molecule has 32 heavy (non-hydrogen) atoms. The summed E-state index contributed by atoms with van der Waals surface area (Å²) in [6.45, 7) is 2.75. The van der Waals surface area contributed by atoms with Crippen molar-refractivity contribution in [3.63, 3.8) is 0 Å². The number of rotatable bonds is 8. The summed E-state index contributed by atoms with van der Waals surface area (Å²) in [5.74, 6) is 3.02. The first-order valence-electron chi connectivity index (χ1n) is 10.4. The Kier molecular flexibility index (Phi) is 4.84. The van der Waals surface area contributed by atoms with Gasteiger partial charge in [0, 0.05) is 18.0 Å². The fourth-order valence-electron chi connectivity index (χ4n) is 3.66. The fraction of sp³-hybridized carbons (Fsp3) is 0.333. The molecule has 0 spiro atoms. The molecular weight excluding hydrogens is 430 g/mol. The smallest absolute Gasteiger partial charge is 0.231 e. The van der Waals surface area contributed by atoms with Crippen LogP contribution in [0.25, 0.3) is 22.6 Å². The lowest BCUT2D eigenvalue weighted by Gasteiger charge is -2.11. The molecule has 0 amide bonds. The van der Waals surface area contributed by atoms with Gasteiger partial charge in [0.25, 0.3) is 0 Å². The molecule has 2 aliphatic rings. The minimum absolute atomic E-state index is 0.186. The summed E-state index contributed by atoms with van der Waals surface area (Å²) in [5, 5.41) is 4.29. The molecule has 1 aliphatic heterocycles. The Hall–Kier alpha value is -3.31. The average molecular weight is 452 g/mol. The molecule has 0 unspecified atom stereocenters. The number of oxazole rings is 1. The Balaban J connectivity index is 1.38. The third kappa shape index (κ3) is 3.63. The van der Waals surface area contributed by atoms with Gasteiger partial charge in [-0.15, -0.1) is 0 Å². The molecule has 1 saturated carbocycles. The van der Waals surface area contributed by atoms with Crippen molar-refractivity contribution in [1.29, 1.82) is 0 Å². The largest absolute Gasteiger partial charge is 0.454 e. The Bertz CT molecular complexity index is 1270. The standard InChI is InChI=1S/C21H21N7O3S/c22-18-17-19(26-10-25-18)28(5-3-23-9-12-1-2-12)21(27-17)32-16-8-15-14(30-11-31-15)7-13(16)20-24-4-6-29-20/h4,6-8,10,12,23H,1-3,5,9,11H2,(H2,22,25,26). The first-order valence-corrected chi connectivity index (χ1v) is 11.3. The van der Waals surface area contributed by atoms with E-state index in [4.69, 9.17) is 24.6 Å². The van der Waals surface area contributed by atoms with E-state index in [0.29, 0.717) is 40.9 Å². The van der Waals surface area contributed by atoms with E-state index in [-0.39, 0.29) is 6.79 Å². The van der Waals surface area contributed by atoms with E-state index < -0.39 is 0 Å². The van der Waals surface area contributed by atoms with Crippen molar-refractivity contribution in [2.24, 2.45) is 5.92 Å². The van der Waals surface area contributed by atoms with Gasteiger partial charge in [-0.25, -0.2) is 19.9 Å². The molecule has 1 aliphatic carbocycles. The summed E-state index contributed by atoms with van der Waals surface area (Å²) in [6.07, 6.45) is 7.27. The minimum atomic E-state index is 0.186. The number of hydrogen-bond acceptors (Lipinski definition) is 10. The summed E-state index contributed by atoms with van der Waals surface area (Å²) in [6, 6.07) is 3.81. The molecule has 0 atom stereocenters. The fourth-order valence-corrected chi connectivity index (χ4v) is 4.71. The lowest BCUT2D eigenvalue weighted by Crippen LogP contribution is -2.22. The van der Waals surface area contributed by atoms with Crippen LogP contribution in [0.2, 0.25) is 0 Å². The van der Waals surface area contributed by atoms with E-state index in [0.717, 1.165) is 34.6 Å². The maximum Gasteiger partial charge on any atom is 0.231 e. The molecule has 6 rings (SSSR count). The summed E-state index contributed by atoms with van der Waals surface area (Å²) in [5.41, 5.74) is 8.21. The average Bonchev–Trinajstić information content (AvgIpc) is 3.17. The van der Waals surface area contributed by atoms with Gasteiger partial charge in [-0.05, 0) is 37.4 Å². The summed E-state index contributed by atoms with van der Waals surface area (Å²) < 4.78 is 18.8. The molecule has 0 saturated heterocycles. The van der Waals surface area contributed by atoms with Crippen molar-refractivity contribution < 1.29 is 13.9 Å². The highest BCUT2D eigenvalue weighted by molar-refractivity contribution is 7.99. The normalized spacial score (nSPS) is 15.0. The Morgan fingerprint density at radius 2 is 2.03 bits per heavy atom. The van der Waals surface area contributed by atoms with Crippen LogP contribution in [0.3, 0.4) is 0 Å². The number of nitrogen functional groups attached to an aromatic ring is 1. The lowest BCUT2D eigenvalue weighted by molar-refractivity contribution is 0.174. The zero-order chi connectivity index (χ0) is 21.5. The van der Waals surface area contributed by atoms with Crippen LogP contribution >= 0.6 is 11.8 Å². The van der Waals surface area contributed by atoms with Crippen molar-refractivity contribution in [2.75, 3.05) is 25.6 Å². The topological polar surface area (TPSA) is 126 Å². The molecule has 11 heteroatoms. The molecule has 164 valence electrons. The minimum Gasteiger partial charge on any atom is -0.454 e. The van der Waals surface area contributed by atoms with Gasteiger partial charge in [-0.3, -0.25) is 0 Å². The van der Waals surface area contributed by atoms with Gasteiger partial charge in [0.15, 0.2) is 33.6 Å². The van der Waals surface area contributed by atoms with Crippen LogP contribution in [-0.4, -0.2) is 44.4 Å². The number of fused-ring (bicyclic) bond motifs is 2. The van der Waals surface area contributed by atoms with Crippen molar-refractivity contribution in [1.82, 2.24) is 29.8 Å². The van der Waals surface area contributed by atoms with Crippen LogP contribution in [-0.2, 0) is 6.54 Å². The lowest BCUT2D eigenvalue weighted by atomic mass is 10.2. The summed E-state index contributed by atoms with van der Waals surface area (Å²) in [4.78, 5) is 18.5. The number of nitrogens with zero attached hydrogens (tertiary/aromatic N) is 5. The van der Waals surface area contributed by atoms with Crippen LogP contribution in [0.15, 0.2) is 45.4 Å². The van der Waals surface area contributed by atoms with E-state index in [1.165, 1.54) is 30.9 Å². The van der Waals surface area contributed by atoms with Crippen molar-refractivity contribution in [3.8, 4) is 23.0 Å². The van der Waals surface area contributed by atoms with Crippen LogP contribution < -0.4 is 20.5 Å². The van der Waals surface area contributed by atoms with Gasteiger partial charge >= 0.3 is 0 Å². The maximum absolute atomic E-state index is 6.10. The molecule has 3 N–H and O–H groups in total. The molecule has 0 radical (unpaired) electrons. The van der Waals surface area contributed by atoms with E-state index in [2.05, 4.69) is 24.8 Å². The van der Waals surface area contributed by atoms with Crippen LogP contribution in [0.5, 0.6) is 11.5 Å². The van der Waals surface area contributed by atoms with E-state index in [1.807, 2.05) is 12.1 Å². The molecule has 0 bridgehead atoms. The second-order valence-corrected chi connectivity index (χ2v) is 8.77. The first-order chi connectivity index (χ1) is 15.8. The Labute approximate surface area is 187 Å². The molecule has 1 aromatic carbocycles. The number of nitrogens with two attached hydrogens (primary N) is 1. The number of ether oxygens (including phenoxy) is 2. The maximum atomic E-state index is 6.10. The monoisotopic (exact) mass is 451 g/mol. The molecule has 3 aromatic heterocycles. The van der Waals surface area contributed by atoms with E-state index >= 15 is 0 Å². The van der Waals surface area contributed by atoms with Gasteiger partial charge in [0.2, 0.25) is 12.7 Å².